The van der Waals surface area contributed by atoms with Gasteiger partial charge in [-0.2, -0.15) is 5.10 Å². The zero-order chi connectivity index (χ0) is 19.9. The van der Waals surface area contributed by atoms with Gasteiger partial charge in [0.2, 0.25) is 0 Å². The average Bonchev–Trinajstić information content (AvgIpc) is 3.14. The van der Waals surface area contributed by atoms with Crippen LogP contribution >= 0.6 is 0 Å². The zero-order valence-electron chi connectivity index (χ0n) is 16.6. The van der Waals surface area contributed by atoms with Gasteiger partial charge in [-0.15, -0.1) is 10.2 Å². The Kier molecular flexibility index (Phi) is 4.30. The number of piperazine rings is 1. The second kappa shape index (κ2) is 6.56. The van der Waals surface area contributed by atoms with E-state index in [-0.39, 0.29) is 16.8 Å². The van der Waals surface area contributed by atoms with Crippen LogP contribution < -0.4 is 10.2 Å². The van der Waals surface area contributed by atoms with E-state index in [1.165, 1.54) is 0 Å². The fraction of sp³-hybridized carbons (Fsp3) is 0.400. The van der Waals surface area contributed by atoms with Crippen LogP contribution in [0.1, 0.15) is 27.7 Å². The van der Waals surface area contributed by atoms with Crippen molar-refractivity contribution in [3.05, 3.63) is 36.8 Å². The van der Waals surface area contributed by atoms with Gasteiger partial charge in [-0.25, -0.2) is 4.98 Å². The largest absolute Gasteiger partial charge is 0.506 e. The number of hydrogen-bond acceptors (Lipinski definition) is 7. The Bertz CT molecular complexity index is 949. The van der Waals surface area contributed by atoms with E-state index in [0.29, 0.717) is 11.4 Å². The van der Waals surface area contributed by atoms with E-state index in [9.17, 15) is 5.11 Å². The van der Waals surface area contributed by atoms with E-state index >= 15 is 0 Å². The lowest BCUT2D eigenvalue weighted by molar-refractivity contribution is 0.225. The van der Waals surface area contributed by atoms with Crippen LogP contribution in [0, 0.1) is 0 Å². The van der Waals surface area contributed by atoms with Crippen molar-refractivity contribution in [2.45, 2.75) is 38.8 Å². The Hall–Kier alpha value is -3.00. The lowest BCUT2D eigenvalue weighted by atomic mass is 9.91. The number of nitrogens with one attached hydrogen (secondary N) is 2. The number of anilines is 1. The first kappa shape index (κ1) is 18.4. The number of aromatic amines is 1. The van der Waals surface area contributed by atoms with E-state index in [1.807, 2.05) is 12.1 Å². The standard InChI is InChI=1S/C20H25N7O/c1-19(2)11-27(12-20(3,4)26-19)17-6-5-15(24-25-17)18-16(28)7-13(8-21-18)14-9-22-23-10-14/h5-10,26,28H,11-12H2,1-4H3,(H,22,23). The molecule has 3 aromatic heterocycles. The topological polar surface area (TPSA) is 103 Å². The normalized spacial score (nSPS) is 18.2. The van der Waals surface area contributed by atoms with E-state index in [2.05, 4.69) is 63.3 Å². The summed E-state index contributed by atoms with van der Waals surface area (Å²) in [5.41, 5.74) is 2.54. The van der Waals surface area contributed by atoms with Gasteiger partial charge in [0.15, 0.2) is 5.82 Å². The van der Waals surface area contributed by atoms with Crippen molar-refractivity contribution in [2.24, 2.45) is 0 Å². The Morgan fingerprint density at radius 1 is 1.00 bits per heavy atom. The van der Waals surface area contributed by atoms with E-state index < -0.39 is 0 Å². The smallest absolute Gasteiger partial charge is 0.151 e. The molecule has 146 valence electrons. The molecule has 1 fully saturated rings. The van der Waals surface area contributed by atoms with Gasteiger partial charge in [-0.3, -0.25) is 5.10 Å². The molecule has 4 heterocycles. The molecule has 3 N–H and O–H groups in total. The molecule has 1 saturated heterocycles. The van der Waals surface area contributed by atoms with Crippen molar-refractivity contribution in [1.29, 1.82) is 0 Å². The predicted octanol–water partition coefficient (Wildman–Crippen LogP) is 2.60. The molecule has 0 radical (unpaired) electrons. The molecule has 4 rings (SSSR count). The average molecular weight is 379 g/mol. The Labute approximate surface area is 164 Å². The molecule has 0 aromatic carbocycles. The minimum absolute atomic E-state index is 0.0230. The van der Waals surface area contributed by atoms with Crippen molar-refractivity contribution in [1.82, 2.24) is 30.7 Å². The Morgan fingerprint density at radius 3 is 2.32 bits per heavy atom. The first-order valence-corrected chi connectivity index (χ1v) is 9.29. The highest BCUT2D eigenvalue weighted by atomic mass is 16.3. The maximum absolute atomic E-state index is 10.4. The van der Waals surface area contributed by atoms with Crippen LogP contribution in [0.3, 0.4) is 0 Å². The fourth-order valence-corrected chi connectivity index (χ4v) is 4.00. The van der Waals surface area contributed by atoms with Crippen molar-refractivity contribution >= 4 is 5.82 Å². The number of hydrogen-bond donors (Lipinski definition) is 3. The molecular formula is C20H25N7O. The summed E-state index contributed by atoms with van der Waals surface area (Å²) >= 11 is 0. The summed E-state index contributed by atoms with van der Waals surface area (Å²) in [6, 6.07) is 5.44. The molecule has 0 unspecified atom stereocenters. The highest BCUT2D eigenvalue weighted by molar-refractivity contribution is 5.69. The minimum Gasteiger partial charge on any atom is -0.506 e. The quantitative estimate of drug-likeness (QED) is 0.643. The Morgan fingerprint density at radius 2 is 1.75 bits per heavy atom. The monoisotopic (exact) mass is 379 g/mol. The first-order chi connectivity index (χ1) is 13.2. The number of aromatic hydroxyl groups is 1. The lowest BCUT2D eigenvalue weighted by Gasteiger charge is -2.48. The molecule has 1 aliphatic rings. The molecule has 28 heavy (non-hydrogen) atoms. The molecular weight excluding hydrogens is 354 g/mol. The number of nitrogens with zero attached hydrogens (tertiary/aromatic N) is 5. The number of aromatic nitrogens is 5. The van der Waals surface area contributed by atoms with Gasteiger partial charge in [0.05, 0.1) is 6.20 Å². The van der Waals surface area contributed by atoms with E-state index in [1.54, 1.807) is 24.7 Å². The minimum atomic E-state index is -0.0230. The summed E-state index contributed by atoms with van der Waals surface area (Å²) in [4.78, 5) is 6.61. The third-order valence-corrected chi connectivity index (χ3v) is 4.77. The first-order valence-electron chi connectivity index (χ1n) is 9.29. The van der Waals surface area contributed by atoms with Crippen LogP contribution in [-0.4, -0.2) is 54.7 Å². The third kappa shape index (κ3) is 3.68. The molecule has 8 heteroatoms. The van der Waals surface area contributed by atoms with Gasteiger partial charge in [0, 0.05) is 47.7 Å². The summed E-state index contributed by atoms with van der Waals surface area (Å²) in [6.45, 7) is 10.4. The van der Waals surface area contributed by atoms with Crippen molar-refractivity contribution < 1.29 is 5.11 Å². The molecule has 3 aromatic rings. The van der Waals surface area contributed by atoms with Crippen LogP contribution in [0.2, 0.25) is 0 Å². The highest BCUT2D eigenvalue weighted by Crippen LogP contribution is 2.31. The molecule has 0 saturated carbocycles. The maximum atomic E-state index is 10.4. The van der Waals surface area contributed by atoms with Crippen LogP contribution in [0.15, 0.2) is 36.8 Å². The predicted molar refractivity (Wildman–Crippen MR) is 108 cm³/mol. The summed E-state index contributed by atoms with van der Waals surface area (Å²) in [5.74, 6) is 0.881. The van der Waals surface area contributed by atoms with Crippen LogP contribution in [0.25, 0.3) is 22.5 Å². The van der Waals surface area contributed by atoms with Crippen LogP contribution in [-0.2, 0) is 0 Å². The summed E-state index contributed by atoms with van der Waals surface area (Å²) in [6.07, 6.45) is 5.12. The summed E-state index contributed by atoms with van der Waals surface area (Å²) < 4.78 is 0. The highest BCUT2D eigenvalue weighted by Gasteiger charge is 2.37. The SMILES string of the molecule is CC1(C)CN(c2ccc(-c3ncc(-c4cn[nH]c4)cc3O)nn2)CC(C)(C)N1. The Balaban J connectivity index is 1.58. The molecule has 0 bridgehead atoms. The molecule has 0 aliphatic carbocycles. The maximum Gasteiger partial charge on any atom is 0.151 e. The van der Waals surface area contributed by atoms with Crippen molar-refractivity contribution in [3.8, 4) is 28.3 Å². The van der Waals surface area contributed by atoms with Gasteiger partial charge in [0.1, 0.15) is 17.1 Å². The second-order valence-electron chi connectivity index (χ2n) is 8.60. The molecule has 1 aliphatic heterocycles. The number of H-pyrrole nitrogens is 1. The van der Waals surface area contributed by atoms with Gasteiger partial charge in [-0.05, 0) is 45.9 Å². The van der Waals surface area contributed by atoms with Crippen LogP contribution in [0.4, 0.5) is 5.82 Å². The molecule has 8 nitrogen and oxygen atoms in total. The van der Waals surface area contributed by atoms with E-state index in [4.69, 9.17) is 0 Å². The molecule has 0 atom stereocenters. The van der Waals surface area contributed by atoms with Crippen molar-refractivity contribution in [3.63, 3.8) is 0 Å². The van der Waals surface area contributed by atoms with Crippen molar-refractivity contribution in [2.75, 3.05) is 18.0 Å². The lowest BCUT2D eigenvalue weighted by Crippen LogP contribution is -2.67. The number of pyridine rings is 1. The zero-order valence-corrected chi connectivity index (χ0v) is 16.6. The van der Waals surface area contributed by atoms with Gasteiger partial charge in [0.25, 0.3) is 0 Å². The number of rotatable bonds is 3. The second-order valence-corrected chi connectivity index (χ2v) is 8.60. The third-order valence-electron chi connectivity index (χ3n) is 4.77. The fourth-order valence-electron chi connectivity index (χ4n) is 4.00. The molecule has 0 amide bonds. The van der Waals surface area contributed by atoms with E-state index in [0.717, 1.165) is 30.0 Å². The van der Waals surface area contributed by atoms with Crippen LogP contribution in [0.5, 0.6) is 5.75 Å². The summed E-state index contributed by atoms with van der Waals surface area (Å²) in [7, 11) is 0. The van der Waals surface area contributed by atoms with Gasteiger partial charge < -0.3 is 15.3 Å². The van der Waals surface area contributed by atoms with Gasteiger partial charge in [-0.1, -0.05) is 0 Å². The summed E-state index contributed by atoms with van der Waals surface area (Å²) in [5, 5.41) is 29.5. The van der Waals surface area contributed by atoms with Gasteiger partial charge >= 0.3 is 0 Å². The molecule has 0 spiro atoms.